The van der Waals surface area contributed by atoms with E-state index in [0.29, 0.717) is 43.3 Å². The number of hydrogen-bond donors (Lipinski definition) is 1. The number of hydrogen-bond acceptors (Lipinski definition) is 5. The molecule has 0 spiro atoms. The van der Waals surface area contributed by atoms with Gasteiger partial charge in [-0.25, -0.2) is 4.98 Å². The van der Waals surface area contributed by atoms with E-state index in [1.165, 1.54) is 0 Å². The molecule has 1 saturated heterocycles. The molecule has 0 aliphatic carbocycles. The summed E-state index contributed by atoms with van der Waals surface area (Å²) in [4.78, 5) is 31.9. The van der Waals surface area contributed by atoms with E-state index in [1.807, 2.05) is 69.3 Å². The second-order valence-electron chi connectivity index (χ2n) is 9.53. The van der Waals surface area contributed by atoms with E-state index in [-0.39, 0.29) is 23.1 Å². The van der Waals surface area contributed by atoms with Crippen LogP contribution in [-0.2, 0) is 15.0 Å². The number of oxazole rings is 1. The highest BCUT2D eigenvalue weighted by Crippen LogP contribution is 2.28. The van der Waals surface area contributed by atoms with Crippen molar-refractivity contribution in [2.45, 2.75) is 45.4 Å². The van der Waals surface area contributed by atoms with E-state index in [9.17, 15) is 9.59 Å². The predicted molar refractivity (Wildman–Crippen MR) is 127 cm³/mol. The van der Waals surface area contributed by atoms with Crippen LogP contribution in [0.4, 0.5) is 5.69 Å². The SMILES string of the molecule is CC(C)(C)c1nc2cc(NC(=O)C3CCCN(C(=O)CCOc4ccccc4)C3)ccc2o1. The smallest absolute Gasteiger partial charge is 0.229 e. The molecule has 174 valence electrons. The molecule has 4 rings (SSSR count). The Hall–Kier alpha value is -3.35. The van der Waals surface area contributed by atoms with Gasteiger partial charge in [0.1, 0.15) is 11.3 Å². The molecular weight excluding hydrogens is 418 g/mol. The molecule has 0 saturated carbocycles. The summed E-state index contributed by atoms with van der Waals surface area (Å²) >= 11 is 0. The van der Waals surface area contributed by atoms with Crippen molar-refractivity contribution in [3.8, 4) is 5.75 Å². The molecule has 2 aromatic carbocycles. The molecule has 7 nitrogen and oxygen atoms in total. The predicted octanol–water partition coefficient (Wildman–Crippen LogP) is 4.77. The van der Waals surface area contributed by atoms with Gasteiger partial charge in [0, 0.05) is 24.2 Å². The van der Waals surface area contributed by atoms with Gasteiger partial charge in [0.2, 0.25) is 17.7 Å². The average molecular weight is 450 g/mol. The molecule has 1 unspecified atom stereocenters. The maximum absolute atomic E-state index is 12.9. The highest BCUT2D eigenvalue weighted by Gasteiger charge is 2.28. The Morgan fingerprint density at radius 1 is 1.18 bits per heavy atom. The Kier molecular flexibility index (Phi) is 6.67. The second kappa shape index (κ2) is 9.65. The topological polar surface area (TPSA) is 84.7 Å². The molecule has 33 heavy (non-hydrogen) atoms. The maximum atomic E-state index is 12.9. The van der Waals surface area contributed by atoms with Gasteiger partial charge in [-0.2, -0.15) is 0 Å². The van der Waals surface area contributed by atoms with E-state index >= 15 is 0 Å². The van der Waals surface area contributed by atoms with Crippen molar-refractivity contribution in [1.82, 2.24) is 9.88 Å². The Balaban J connectivity index is 1.32. The van der Waals surface area contributed by atoms with Crippen molar-refractivity contribution < 1.29 is 18.7 Å². The van der Waals surface area contributed by atoms with Gasteiger partial charge >= 0.3 is 0 Å². The van der Waals surface area contributed by atoms with Crippen molar-refractivity contribution in [2.24, 2.45) is 5.92 Å². The first-order chi connectivity index (χ1) is 15.8. The van der Waals surface area contributed by atoms with Crippen molar-refractivity contribution in [3.63, 3.8) is 0 Å². The summed E-state index contributed by atoms with van der Waals surface area (Å²) in [6.45, 7) is 7.56. The minimum Gasteiger partial charge on any atom is -0.493 e. The number of rotatable bonds is 6. The first-order valence-corrected chi connectivity index (χ1v) is 11.5. The fourth-order valence-electron chi connectivity index (χ4n) is 3.92. The molecule has 2 heterocycles. The Bertz CT molecular complexity index is 1120. The van der Waals surface area contributed by atoms with Crippen molar-refractivity contribution in [3.05, 3.63) is 54.4 Å². The van der Waals surface area contributed by atoms with Crippen LogP contribution in [-0.4, -0.2) is 41.4 Å². The lowest BCUT2D eigenvalue weighted by atomic mass is 9.96. The third-order valence-corrected chi connectivity index (χ3v) is 5.77. The summed E-state index contributed by atoms with van der Waals surface area (Å²) in [7, 11) is 0. The quantitative estimate of drug-likeness (QED) is 0.586. The van der Waals surface area contributed by atoms with Gasteiger partial charge in [-0.05, 0) is 43.2 Å². The van der Waals surface area contributed by atoms with Gasteiger partial charge in [0.25, 0.3) is 0 Å². The lowest BCUT2D eigenvalue weighted by Crippen LogP contribution is -2.44. The van der Waals surface area contributed by atoms with E-state index in [1.54, 1.807) is 4.90 Å². The molecule has 2 amide bonds. The molecule has 1 fully saturated rings. The first kappa shape index (κ1) is 22.8. The normalized spacial score (nSPS) is 16.6. The van der Waals surface area contributed by atoms with Crippen LogP contribution >= 0.6 is 0 Å². The van der Waals surface area contributed by atoms with E-state index in [2.05, 4.69) is 10.3 Å². The van der Waals surface area contributed by atoms with E-state index in [4.69, 9.17) is 9.15 Å². The number of fused-ring (bicyclic) bond motifs is 1. The number of anilines is 1. The number of likely N-dealkylation sites (tertiary alicyclic amines) is 1. The van der Waals surface area contributed by atoms with Crippen LogP contribution in [0, 0.1) is 5.92 Å². The number of ether oxygens (including phenoxy) is 1. The fourth-order valence-corrected chi connectivity index (χ4v) is 3.92. The summed E-state index contributed by atoms with van der Waals surface area (Å²) in [5.41, 5.74) is 1.91. The van der Waals surface area contributed by atoms with Gasteiger partial charge in [0.05, 0.1) is 18.9 Å². The van der Waals surface area contributed by atoms with E-state index < -0.39 is 0 Å². The number of carbonyl (C=O) groups excluding carboxylic acids is 2. The zero-order chi connectivity index (χ0) is 23.4. The number of benzene rings is 2. The van der Waals surface area contributed by atoms with Crippen LogP contribution in [0.5, 0.6) is 5.75 Å². The molecule has 0 radical (unpaired) electrons. The fraction of sp³-hybridized carbons (Fsp3) is 0.423. The number of carbonyl (C=O) groups is 2. The Morgan fingerprint density at radius 3 is 2.73 bits per heavy atom. The zero-order valence-corrected chi connectivity index (χ0v) is 19.5. The van der Waals surface area contributed by atoms with Crippen LogP contribution in [0.3, 0.4) is 0 Å². The average Bonchev–Trinajstić information content (AvgIpc) is 3.24. The third kappa shape index (κ3) is 5.72. The van der Waals surface area contributed by atoms with Crippen molar-refractivity contribution >= 4 is 28.6 Å². The van der Waals surface area contributed by atoms with Crippen LogP contribution in [0.25, 0.3) is 11.1 Å². The van der Waals surface area contributed by atoms with Crippen LogP contribution in [0.15, 0.2) is 52.9 Å². The molecule has 3 aromatic rings. The maximum Gasteiger partial charge on any atom is 0.229 e. The number of nitrogens with one attached hydrogen (secondary N) is 1. The van der Waals surface area contributed by atoms with Gasteiger partial charge in [-0.3, -0.25) is 9.59 Å². The Labute approximate surface area is 194 Å². The molecule has 1 aromatic heterocycles. The summed E-state index contributed by atoms with van der Waals surface area (Å²) in [6.07, 6.45) is 1.86. The number of amides is 2. The van der Waals surface area contributed by atoms with Gasteiger partial charge in [-0.1, -0.05) is 39.0 Å². The summed E-state index contributed by atoms with van der Waals surface area (Å²) < 4.78 is 11.5. The van der Waals surface area contributed by atoms with Crippen LogP contribution in [0.2, 0.25) is 0 Å². The van der Waals surface area contributed by atoms with Crippen LogP contribution < -0.4 is 10.1 Å². The molecule has 1 atom stereocenters. The molecule has 0 bridgehead atoms. The number of piperidine rings is 1. The minimum absolute atomic E-state index is 0.0159. The Morgan fingerprint density at radius 2 is 1.97 bits per heavy atom. The number of aromatic nitrogens is 1. The van der Waals surface area contributed by atoms with Gasteiger partial charge in [0.15, 0.2) is 5.58 Å². The second-order valence-corrected chi connectivity index (χ2v) is 9.53. The minimum atomic E-state index is -0.240. The molecule has 7 heteroatoms. The number of para-hydroxylation sites is 1. The summed E-state index contributed by atoms with van der Waals surface area (Å²) in [6, 6.07) is 14.9. The molecule has 1 aliphatic rings. The molecule has 1 N–H and O–H groups in total. The number of nitrogens with zero attached hydrogens (tertiary/aromatic N) is 2. The standard InChI is InChI=1S/C26H31N3O4/c1-26(2,3)25-28-21-16-19(11-12-22(21)33-25)27-24(31)18-8-7-14-29(17-18)23(30)13-15-32-20-9-5-4-6-10-20/h4-6,9-12,16,18H,7-8,13-15,17H2,1-3H3,(H,27,31). The van der Waals surface area contributed by atoms with Gasteiger partial charge < -0.3 is 19.4 Å². The summed E-state index contributed by atoms with van der Waals surface area (Å²) in [5.74, 6) is 1.11. The zero-order valence-electron chi connectivity index (χ0n) is 19.5. The highest BCUT2D eigenvalue weighted by atomic mass is 16.5. The third-order valence-electron chi connectivity index (χ3n) is 5.77. The van der Waals surface area contributed by atoms with Crippen molar-refractivity contribution in [2.75, 3.05) is 25.0 Å². The first-order valence-electron chi connectivity index (χ1n) is 11.5. The molecule has 1 aliphatic heterocycles. The lowest BCUT2D eigenvalue weighted by Gasteiger charge is -2.32. The van der Waals surface area contributed by atoms with Crippen molar-refractivity contribution in [1.29, 1.82) is 0 Å². The highest BCUT2D eigenvalue weighted by molar-refractivity contribution is 5.94. The summed E-state index contributed by atoms with van der Waals surface area (Å²) in [5, 5.41) is 2.99. The monoisotopic (exact) mass is 449 g/mol. The van der Waals surface area contributed by atoms with Gasteiger partial charge in [-0.15, -0.1) is 0 Å². The molecular formula is C26H31N3O4. The van der Waals surface area contributed by atoms with E-state index in [0.717, 1.165) is 24.1 Å². The van der Waals surface area contributed by atoms with Crippen LogP contribution in [0.1, 0.15) is 45.9 Å². The largest absolute Gasteiger partial charge is 0.493 e. The lowest BCUT2D eigenvalue weighted by molar-refractivity contribution is -0.135.